The lowest BCUT2D eigenvalue weighted by molar-refractivity contribution is -0.133. The van der Waals surface area contributed by atoms with Gasteiger partial charge in [0, 0.05) is 19.1 Å². The van der Waals surface area contributed by atoms with E-state index in [0.29, 0.717) is 18.7 Å². The van der Waals surface area contributed by atoms with Crippen molar-refractivity contribution in [3.05, 3.63) is 29.8 Å². The Morgan fingerprint density at radius 1 is 1.22 bits per heavy atom. The summed E-state index contributed by atoms with van der Waals surface area (Å²) >= 11 is 0. The van der Waals surface area contributed by atoms with Crippen LogP contribution in [-0.2, 0) is 14.4 Å². The van der Waals surface area contributed by atoms with Gasteiger partial charge in [-0.2, -0.15) is 0 Å². The first-order valence-electron chi connectivity index (χ1n) is 12.6. The fourth-order valence-electron chi connectivity index (χ4n) is 4.51. The van der Waals surface area contributed by atoms with Gasteiger partial charge in [-0.05, 0) is 51.4 Å². The van der Waals surface area contributed by atoms with Crippen LogP contribution in [0.3, 0.4) is 0 Å². The number of nitrogens with one attached hydrogen (secondary N) is 4. The first-order chi connectivity index (χ1) is 17.3. The predicted molar refractivity (Wildman–Crippen MR) is 132 cm³/mol. The normalized spacial score (nSPS) is 25.2. The number of likely N-dealkylation sites (tertiary alicyclic amines) is 1. The molecule has 0 saturated carbocycles. The largest absolute Gasteiger partial charge is 0.493 e. The molecule has 0 bridgehead atoms. The summed E-state index contributed by atoms with van der Waals surface area (Å²) in [5.41, 5.74) is 0.240. The molecule has 4 amide bonds. The van der Waals surface area contributed by atoms with Crippen molar-refractivity contribution in [3.63, 3.8) is 0 Å². The summed E-state index contributed by atoms with van der Waals surface area (Å²) in [6, 6.07) is 4.46. The van der Waals surface area contributed by atoms with Gasteiger partial charge in [0.2, 0.25) is 17.7 Å². The van der Waals surface area contributed by atoms with Crippen LogP contribution in [-0.4, -0.2) is 90.7 Å². The summed E-state index contributed by atoms with van der Waals surface area (Å²) < 4.78 is 5.75. The SMILES string of the molecule is CCN1CCC[C@H]1CNC(=O)[C@@H]1CC(=O)N[C@@H]([C@@H](C)O)C(=O)NCCCOc2ccccc2C(=O)N1. The van der Waals surface area contributed by atoms with Crippen molar-refractivity contribution in [2.24, 2.45) is 0 Å². The van der Waals surface area contributed by atoms with Crippen molar-refractivity contribution in [2.45, 2.75) is 63.8 Å². The first kappa shape index (κ1) is 27.4. The van der Waals surface area contributed by atoms with E-state index < -0.39 is 48.2 Å². The average molecular weight is 504 g/mol. The quantitative estimate of drug-likeness (QED) is 0.365. The maximum absolute atomic E-state index is 13.1. The Labute approximate surface area is 211 Å². The van der Waals surface area contributed by atoms with Crippen LogP contribution in [0.4, 0.5) is 0 Å². The van der Waals surface area contributed by atoms with Crippen LogP contribution in [0, 0.1) is 0 Å². The number of rotatable bonds is 5. The van der Waals surface area contributed by atoms with E-state index in [4.69, 9.17) is 4.74 Å². The van der Waals surface area contributed by atoms with Crippen LogP contribution in [0.25, 0.3) is 0 Å². The molecular formula is C25H37N5O6. The molecule has 1 aromatic rings. The molecule has 36 heavy (non-hydrogen) atoms. The average Bonchev–Trinajstić information content (AvgIpc) is 3.32. The minimum absolute atomic E-state index is 0.197. The standard InChI is InChI=1S/C25H37N5O6/c1-3-30-12-6-8-17(30)15-27-24(34)19-14-21(32)29-22(16(2)31)25(35)26-11-7-13-36-20-10-5-4-9-18(20)23(33)28-19/h4-5,9-10,16-17,19,22,31H,3,6-8,11-15H2,1-2H3,(H,26,35)(H,27,34)(H,28,33)(H,29,32)/t16-,17+,19+,22+/m1/s1. The number of para-hydroxylation sites is 1. The van der Waals surface area contributed by atoms with E-state index in [1.807, 2.05) is 0 Å². The molecule has 2 aliphatic heterocycles. The van der Waals surface area contributed by atoms with Crippen molar-refractivity contribution < 1.29 is 29.0 Å². The number of hydrogen-bond acceptors (Lipinski definition) is 7. The van der Waals surface area contributed by atoms with Crippen LogP contribution >= 0.6 is 0 Å². The molecule has 198 valence electrons. The Morgan fingerprint density at radius 3 is 2.75 bits per heavy atom. The Morgan fingerprint density at radius 2 is 2.00 bits per heavy atom. The number of carbonyl (C=O) groups is 4. The van der Waals surface area contributed by atoms with E-state index in [1.165, 1.54) is 6.92 Å². The summed E-state index contributed by atoms with van der Waals surface area (Å²) in [6.07, 6.45) is 0.898. The molecule has 11 heteroatoms. The third-order valence-electron chi connectivity index (χ3n) is 6.52. The number of fused-ring (bicyclic) bond motifs is 1. The Kier molecular flexibility index (Phi) is 10.1. The summed E-state index contributed by atoms with van der Waals surface area (Å²) in [5, 5.41) is 20.8. The number of benzene rings is 1. The lowest BCUT2D eigenvalue weighted by Gasteiger charge is -2.25. The highest BCUT2D eigenvalue weighted by molar-refractivity contribution is 6.01. The Hall–Kier alpha value is -3.18. The zero-order chi connectivity index (χ0) is 26.1. The van der Waals surface area contributed by atoms with E-state index in [-0.39, 0.29) is 24.8 Å². The Bertz CT molecular complexity index is 939. The topological polar surface area (TPSA) is 149 Å². The van der Waals surface area contributed by atoms with Gasteiger partial charge >= 0.3 is 0 Å². The van der Waals surface area contributed by atoms with Crippen molar-refractivity contribution in [3.8, 4) is 5.75 Å². The number of nitrogens with zero attached hydrogens (tertiary/aromatic N) is 1. The molecule has 1 aromatic carbocycles. The van der Waals surface area contributed by atoms with E-state index >= 15 is 0 Å². The molecule has 0 unspecified atom stereocenters. The van der Waals surface area contributed by atoms with Gasteiger partial charge in [-0.3, -0.25) is 24.1 Å². The minimum atomic E-state index is -1.20. The third kappa shape index (κ3) is 7.41. The minimum Gasteiger partial charge on any atom is -0.493 e. The number of ether oxygens (including phenoxy) is 1. The van der Waals surface area contributed by atoms with Crippen molar-refractivity contribution >= 4 is 23.6 Å². The maximum atomic E-state index is 13.1. The molecule has 11 nitrogen and oxygen atoms in total. The van der Waals surface area contributed by atoms with Crippen LogP contribution in [0.15, 0.2) is 24.3 Å². The van der Waals surface area contributed by atoms with Gasteiger partial charge in [0.25, 0.3) is 5.91 Å². The van der Waals surface area contributed by atoms with E-state index in [1.54, 1.807) is 24.3 Å². The number of carbonyl (C=O) groups excluding carboxylic acids is 4. The van der Waals surface area contributed by atoms with Crippen molar-refractivity contribution in [1.29, 1.82) is 0 Å². The molecule has 0 spiro atoms. The highest BCUT2D eigenvalue weighted by Gasteiger charge is 2.31. The fraction of sp³-hybridized carbons (Fsp3) is 0.600. The van der Waals surface area contributed by atoms with Gasteiger partial charge in [0.15, 0.2) is 0 Å². The molecule has 1 fully saturated rings. The molecule has 0 radical (unpaired) electrons. The molecule has 0 aliphatic carbocycles. The summed E-state index contributed by atoms with van der Waals surface area (Å²) in [5.74, 6) is -1.90. The van der Waals surface area contributed by atoms with E-state index in [0.717, 1.165) is 25.9 Å². The summed E-state index contributed by atoms with van der Waals surface area (Å²) in [7, 11) is 0. The zero-order valence-electron chi connectivity index (χ0n) is 20.9. The van der Waals surface area contributed by atoms with Crippen LogP contribution in [0.1, 0.15) is 49.9 Å². The van der Waals surface area contributed by atoms with Gasteiger partial charge in [0.1, 0.15) is 17.8 Å². The number of aliphatic hydroxyl groups excluding tert-OH is 1. The number of aliphatic hydroxyl groups is 1. The van der Waals surface area contributed by atoms with Gasteiger partial charge in [-0.15, -0.1) is 0 Å². The third-order valence-corrected chi connectivity index (χ3v) is 6.52. The summed E-state index contributed by atoms with van der Waals surface area (Å²) in [6.45, 7) is 6.20. The second kappa shape index (κ2) is 13.2. The molecular weight excluding hydrogens is 466 g/mol. The number of hydrogen-bond donors (Lipinski definition) is 5. The second-order valence-electron chi connectivity index (χ2n) is 9.17. The molecule has 1 saturated heterocycles. The molecule has 2 heterocycles. The predicted octanol–water partition coefficient (Wildman–Crippen LogP) is -0.460. The van der Waals surface area contributed by atoms with Crippen LogP contribution in [0.5, 0.6) is 5.75 Å². The molecule has 5 N–H and O–H groups in total. The highest BCUT2D eigenvalue weighted by atomic mass is 16.5. The maximum Gasteiger partial charge on any atom is 0.255 e. The van der Waals surface area contributed by atoms with Gasteiger partial charge in [0.05, 0.1) is 24.7 Å². The lowest BCUT2D eigenvalue weighted by atomic mass is 10.1. The fourth-order valence-corrected chi connectivity index (χ4v) is 4.51. The van der Waals surface area contributed by atoms with Gasteiger partial charge in [-0.1, -0.05) is 19.1 Å². The van der Waals surface area contributed by atoms with E-state index in [9.17, 15) is 24.3 Å². The van der Waals surface area contributed by atoms with Crippen molar-refractivity contribution in [2.75, 3.05) is 32.8 Å². The Balaban J connectivity index is 1.80. The molecule has 3 rings (SSSR count). The van der Waals surface area contributed by atoms with Crippen LogP contribution in [0.2, 0.25) is 0 Å². The van der Waals surface area contributed by atoms with Crippen molar-refractivity contribution in [1.82, 2.24) is 26.2 Å². The number of likely N-dealkylation sites (N-methyl/N-ethyl adjacent to an activating group) is 1. The molecule has 0 aromatic heterocycles. The van der Waals surface area contributed by atoms with Crippen LogP contribution < -0.4 is 26.0 Å². The monoisotopic (exact) mass is 503 g/mol. The lowest BCUT2D eigenvalue weighted by Crippen LogP contribution is -2.55. The van der Waals surface area contributed by atoms with E-state index in [2.05, 4.69) is 33.1 Å². The first-order valence-corrected chi connectivity index (χ1v) is 12.6. The second-order valence-corrected chi connectivity index (χ2v) is 9.17. The highest BCUT2D eigenvalue weighted by Crippen LogP contribution is 2.19. The van der Waals surface area contributed by atoms with Gasteiger partial charge < -0.3 is 31.1 Å². The van der Waals surface area contributed by atoms with Gasteiger partial charge in [-0.25, -0.2) is 0 Å². The number of amides is 4. The smallest absolute Gasteiger partial charge is 0.255 e. The summed E-state index contributed by atoms with van der Waals surface area (Å²) in [4.78, 5) is 53.9. The zero-order valence-corrected chi connectivity index (χ0v) is 20.9. The molecule has 2 aliphatic rings. The molecule has 4 atom stereocenters.